The average molecular weight is 678 g/mol. The summed E-state index contributed by atoms with van der Waals surface area (Å²) in [4.78, 5) is 59.0. The third kappa shape index (κ3) is 7.70. The number of likely N-dealkylation sites (N-methyl/N-ethyl adjacent to an activating group) is 1. The number of nitrogens with one attached hydrogen (secondary N) is 3. The second-order valence-corrected chi connectivity index (χ2v) is 13.2. The van der Waals surface area contributed by atoms with Crippen molar-refractivity contribution in [3.05, 3.63) is 119 Å². The van der Waals surface area contributed by atoms with Gasteiger partial charge in [-0.3, -0.25) is 19.2 Å². The lowest BCUT2D eigenvalue weighted by Gasteiger charge is -2.44. The highest BCUT2D eigenvalue weighted by atomic mass is 19.1. The van der Waals surface area contributed by atoms with E-state index >= 15 is 0 Å². The summed E-state index contributed by atoms with van der Waals surface area (Å²) in [6, 6.07) is 24.7. The number of benzene rings is 4. The fraction of sp³-hybridized carbons (Fsp3) is 0.350. The SMILES string of the molecule is CCC[C@H]1C(=O)N([C@@H](Cc2ccc3ccccc3c2)C(=O)NC)CCN1C(=O)[C@@H](Cc1ccc(F)cc1)NC(=O)[C@@H]1Cc2ccccc2CN1. The van der Waals surface area contributed by atoms with Gasteiger partial charge in [0.1, 0.15) is 23.9 Å². The van der Waals surface area contributed by atoms with E-state index in [1.54, 1.807) is 29.0 Å². The molecular formula is C40H44FN5O4. The first-order valence-corrected chi connectivity index (χ1v) is 17.4. The Labute approximate surface area is 292 Å². The number of amides is 4. The van der Waals surface area contributed by atoms with Crippen LogP contribution in [0, 0.1) is 5.82 Å². The molecule has 50 heavy (non-hydrogen) atoms. The predicted octanol–water partition coefficient (Wildman–Crippen LogP) is 3.92. The lowest BCUT2D eigenvalue weighted by molar-refractivity contribution is -0.157. The molecule has 2 heterocycles. The second-order valence-electron chi connectivity index (χ2n) is 13.2. The van der Waals surface area contributed by atoms with Gasteiger partial charge in [0.2, 0.25) is 23.6 Å². The molecule has 4 aromatic carbocycles. The normalized spacial score (nSPS) is 18.7. The summed E-state index contributed by atoms with van der Waals surface area (Å²) >= 11 is 0. The maximum Gasteiger partial charge on any atom is 0.246 e. The highest BCUT2D eigenvalue weighted by molar-refractivity contribution is 5.96. The zero-order valence-electron chi connectivity index (χ0n) is 28.5. The van der Waals surface area contributed by atoms with Crippen molar-refractivity contribution < 1.29 is 23.6 Å². The molecule has 0 aliphatic carbocycles. The van der Waals surface area contributed by atoms with E-state index in [9.17, 15) is 23.6 Å². The third-order valence-corrected chi connectivity index (χ3v) is 9.91. The quantitative estimate of drug-likeness (QED) is 0.223. The van der Waals surface area contributed by atoms with E-state index in [0.717, 1.165) is 27.5 Å². The number of rotatable bonds is 11. The van der Waals surface area contributed by atoms with Gasteiger partial charge in [-0.15, -0.1) is 0 Å². The molecule has 1 saturated heterocycles. The summed E-state index contributed by atoms with van der Waals surface area (Å²) in [5.41, 5.74) is 3.81. The van der Waals surface area contributed by atoms with Gasteiger partial charge in [0.25, 0.3) is 0 Å². The monoisotopic (exact) mass is 677 g/mol. The first-order chi connectivity index (χ1) is 24.2. The Hall–Kier alpha value is -5.09. The molecule has 9 nitrogen and oxygen atoms in total. The van der Waals surface area contributed by atoms with Crippen molar-refractivity contribution >= 4 is 34.4 Å². The van der Waals surface area contributed by atoms with E-state index < -0.39 is 30.0 Å². The number of fused-ring (bicyclic) bond motifs is 2. The molecule has 4 aromatic rings. The highest BCUT2D eigenvalue weighted by Crippen LogP contribution is 2.24. The van der Waals surface area contributed by atoms with Gasteiger partial charge < -0.3 is 25.8 Å². The number of hydrogen-bond donors (Lipinski definition) is 3. The second kappa shape index (κ2) is 15.6. The largest absolute Gasteiger partial charge is 0.357 e. The Morgan fingerprint density at radius 3 is 2.32 bits per heavy atom. The molecule has 2 aliphatic heterocycles. The molecule has 4 amide bonds. The minimum atomic E-state index is -0.988. The fourth-order valence-electron chi connectivity index (χ4n) is 7.20. The van der Waals surface area contributed by atoms with Crippen LogP contribution < -0.4 is 16.0 Å². The van der Waals surface area contributed by atoms with Crippen molar-refractivity contribution in [1.82, 2.24) is 25.8 Å². The molecule has 10 heteroatoms. The minimum Gasteiger partial charge on any atom is -0.357 e. The van der Waals surface area contributed by atoms with Gasteiger partial charge in [0.05, 0.1) is 6.04 Å². The Bertz CT molecular complexity index is 1860. The van der Waals surface area contributed by atoms with E-state index in [2.05, 4.69) is 16.0 Å². The molecule has 4 atom stereocenters. The standard InChI is InChI=1S/C40H44FN5O4/c1-3-8-35-40(50)46(36(38(48)42-2)23-27-13-16-28-9-4-5-10-29(28)21-27)20-19-45(35)39(49)34(22-26-14-17-32(41)18-15-26)44-37(47)33-24-30-11-6-7-12-31(30)25-43-33/h4-7,9-18,21,33-36,43H,3,8,19-20,22-25H2,1-2H3,(H,42,48)(H,44,47)/t33-,34+,35-,36-/m0/s1. The number of carbonyl (C=O) groups is 4. The van der Waals surface area contributed by atoms with Crippen molar-refractivity contribution in [2.45, 2.75) is 69.7 Å². The zero-order valence-corrected chi connectivity index (χ0v) is 28.5. The number of piperazine rings is 1. The Balaban J connectivity index is 1.23. The van der Waals surface area contributed by atoms with Crippen LogP contribution in [0.5, 0.6) is 0 Å². The average Bonchev–Trinajstić information content (AvgIpc) is 3.14. The van der Waals surface area contributed by atoms with Crippen LogP contribution in [0.2, 0.25) is 0 Å². The molecule has 6 rings (SSSR count). The van der Waals surface area contributed by atoms with Crippen molar-refractivity contribution in [2.24, 2.45) is 0 Å². The van der Waals surface area contributed by atoms with Crippen LogP contribution in [-0.4, -0.2) is 77.7 Å². The molecular weight excluding hydrogens is 633 g/mol. The molecule has 0 bridgehead atoms. The molecule has 1 fully saturated rings. The summed E-state index contributed by atoms with van der Waals surface area (Å²) in [5, 5.41) is 11.1. The number of nitrogens with zero attached hydrogens (tertiary/aromatic N) is 2. The molecule has 0 unspecified atom stereocenters. The van der Waals surface area contributed by atoms with Crippen LogP contribution in [0.15, 0.2) is 91.0 Å². The van der Waals surface area contributed by atoms with E-state index in [0.29, 0.717) is 37.8 Å². The fourth-order valence-corrected chi connectivity index (χ4v) is 7.20. The van der Waals surface area contributed by atoms with E-state index in [-0.39, 0.29) is 43.1 Å². The van der Waals surface area contributed by atoms with Gasteiger partial charge in [-0.05, 0) is 58.0 Å². The van der Waals surface area contributed by atoms with Crippen molar-refractivity contribution in [3.63, 3.8) is 0 Å². The first kappa shape index (κ1) is 34.8. The lowest BCUT2D eigenvalue weighted by atomic mass is 9.94. The molecule has 260 valence electrons. The van der Waals surface area contributed by atoms with Gasteiger partial charge in [-0.2, -0.15) is 0 Å². The maximum absolute atomic E-state index is 14.5. The van der Waals surface area contributed by atoms with Crippen LogP contribution in [0.1, 0.15) is 42.0 Å². The van der Waals surface area contributed by atoms with Crippen LogP contribution in [-0.2, 0) is 45.0 Å². The van der Waals surface area contributed by atoms with E-state index in [4.69, 9.17) is 0 Å². The predicted molar refractivity (Wildman–Crippen MR) is 190 cm³/mol. The summed E-state index contributed by atoms with van der Waals surface area (Å²) < 4.78 is 13.8. The van der Waals surface area contributed by atoms with Crippen molar-refractivity contribution in [3.8, 4) is 0 Å². The van der Waals surface area contributed by atoms with Gasteiger partial charge in [-0.1, -0.05) is 92.2 Å². The summed E-state index contributed by atoms with van der Waals surface area (Å²) in [7, 11) is 1.56. The number of halogens is 1. The minimum absolute atomic E-state index is 0.129. The molecule has 0 spiro atoms. The van der Waals surface area contributed by atoms with E-state index in [1.807, 2.05) is 73.7 Å². The molecule has 0 radical (unpaired) electrons. The van der Waals surface area contributed by atoms with Gasteiger partial charge in [-0.25, -0.2) is 4.39 Å². The number of carbonyl (C=O) groups excluding carboxylic acids is 4. The molecule has 0 saturated carbocycles. The lowest BCUT2D eigenvalue weighted by Crippen LogP contribution is -2.66. The van der Waals surface area contributed by atoms with E-state index in [1.165, 1.54) is 12.1 Å². The highest BCUT2D eigenvalue weighted by Gasteiger charge is 2.43. The smallest absolute Gasteiger partial charge is 0.246 e. The molecule has 3 N–H and O–H groups in total. The van der Waals surface area contributed by atoms with Gasteiger partial charge in [0.15, 0.2) is 0 Å². The Morgan fingerprint density at radius 1 is 0.880 bits per heavy atom. The topological polar surface area (TPSA) is 111 Å². The first-order valence-electron chi connectivity index (χ1n) is 17.4. The summed E-state index contributed by atoms with van der Waals surface area (Å²) in [6.07, 6.45) is 1.96. The Kier molecular flexibility index (Phi) is 10.9. The zero-order chi connectivity index (χ0) is 35.2. The summed E-state index contributed by atoms with van der Waals surface area (Å²) in [6.45, 7) is 2.84. The maximum atomic E-state index is 14.5. The van der Waals surface area contributed by atoms with Crippen molar-refractivity contribution in [2.75, 3.05) is 20.1 Å². The van der Waals surface area contributed by atoms with Crippen LogP contribution in [0.25, 0.3) is 10.8 Å². The van der Waals surface area contributed by atoms with Crippen LogP contribution in [0.3, 0.4) is 0 Å². The third-order valence-electron chi connectivity index (χ3n) is 9.91. The molecule has 0 aromatic heterocycles. The van der Waals surface area contributed by atoms with Crippen LogP contribution in [0.4, 0.5) is 4.39 Å². The summed E-state index contributed by atoms with van der Waals surface area (Å²) in [5.74, 6) is -1.66. The van der Waals surface area contributed by atoms with Crippen molar-refractivity contribution in [1.29, 1.82) is 0 Å². The van der Waals surface area contributed by atoms with Crippen LogP contribution >= 0.6 is 0 Å². The Morgan fingerprint density at radius 2 is 1.58 bits per heavy atom. The van der Waals surface area contributed by atoms with Gasteiger partial charge in [0, 0.05) is 39.5 Å². The number of hydrogen-bond acceptors (Lipinski definition) is 5. The van der Waals surface area contributed by atoms with Gasteiger partial charge >= 0.3 is 0 Å². The molecule has 2 aliphatic rings.